The predicted molar refractivity (Wildman–Crippen MR) is 112 cm³/mol. The number of rotatable bonds is 11. The standard InChI is InChI=1S/C20H21Cl2NO4S/c1-2-27-20(25)19(28-18-9-15(21)8-16(22)10-18)23-11-17(24)13-26-12-14-6-4-3-5-7-14/h3-10,19,23H,2,11-13H2,1H3. The number of Topliss-reactive ketones (excluding diaryl/α,β-unsaturated/α-hetero) is 1. The van der Waals surface area contributed by atoms with Gasteiger partial charge in [-0.2, -0.15) is 0 Å². The molecule has 0 aliphatic carbocycles. The molecule has 0 radical (unpaired) electrons. The van der Waals surface area contributed by atoms with Gasteiger partial charge in [0.25, 0.3) is 0 Å². The maximum atomic E-state index is 12.2. The summed E-state index contributed by atoms with van der Waals surface area (Å²) in [5.41, 5.74) is 0.987. The Morgan fingerprint density at radius 2 is 1.79 bits per heavy atom. The van der Waals surface area contributed by atoms with Crippen molar-refractivity contribution >= 4 is 46.7 Å². The van der Waals surface area contributed by atoms with Crippen LogP contribution in [0, 0.1) is 0 Å². The lowest BCUT2D eigenvalue weighted by molar-refractivity contribution is -0.143. The SMILES string of the molecule is CCOC(=O)C(NCC(=O)COCc1ccccc1)Sc1cc(Cl)cc(Cl)c1. The summed E-state index contributed by atoms with van der Waals surface area (Å²) in [5, 5.41) is 3.06. The molecule has 0 aliphatic rings. The Labute approximate surface area is 178 Å². The number of hydrogen-bond donors (Lipinski definition) is 1. The van der Waals surface area contributed by atoms with Crippen molar-refractivity contribution in [2.45, 2.75) is 23.8 Å². The topological polar surface area (TPSA) is 64.6 Å². The van der Waals surface area contributed by atoms with E-state index in [0.29, 0.717) is 21.5 Å². The predicted octanol–water partition coefficient (Wildman–Crippen LogP) is 4.35. The van der Waals surface area contributed by atoms with Gasteiger partial charge in [0.2, 0.25) is 0 Å². The third kappa shape index (κ3) is 8.20. The number of benzene rings is 2. The Balaban J connectivity index is 1.87. The van der Waals surface area contributed by atoms with Crippen molar-refractivity contribution in [3.63, 3.8) is 0 Å². The Kier molecular flexibility index (Phi) is 9.81. The van der Waals surface area contributed by atoms with Crippen LogP contribution in [0.2, 0.25) is 10.0 Å². The van der Waals surface area contributed by atoms with Gasteiger partial charge in [-0.3, -0.25) is 10.1 Å². The van der Waals surface area contributed by atoms with Crippen molar-refractivity contribution in [2.24, 2.45) is 0 Å². The summed E-state index contributed by atoms with van der Waals surface area (Å²) in [6, 6.07) is 14.6. The number of carbonyl (C=O) groups is 2. The summed E-state index contributed by atoms with van der Waals surface area (Å²) in [4.78, 5) is 25.0. The molecule has 2 aromatic carbocycles. The van der Waals surface area contributed by atoms with Gasteiger partial charge < -0.3 is 9.47 Å². The lowest BCUT2D eigenvalue weighted by atomic mass is 10.2. The van der Waals surface area contributed by atoms with Gasteiger partial charge in [-0.1, -0.05) is 65.3 Å². The highest BCUT2D eigenvalue weighted by Crippen LogP contribution is 2.29. The molecule has 0 spiro atoms. The van der Waals surface area contributed by atoms with Crippen molar-refractivity contribution in [1.29, 1.82) is 0 Å². The first-order valence-electron chi connectivity index (χ1n) is 8.64. The second-order valence-electron chi connectivity index (χ2n) is 5.75. The van der Waals surface area contributed by atoms with Gasteiger partial charge in [0.15, 0.2) is 11.2 Å². The van der Waals surface area contributed by atoms with Gasteiger partial charge in [0.05, 0.1) is 19.8 Å². The zero-order chi connectivity index (χ0) is 20.4. The van der Waals surface area contributed by atoms with Crippen LogP contribution in [0.5, 0.6) is 0 Å². The van der Waals surface area contributed by atoms with Crippen molar-refractivity contribution in [1.82, 2.24) is 5.32 Å². The van der Waals surface area contributed by atoms with E-state index in [1.807, 2.05) is 30.3 Å². The first kappa shape index (κ1) is 22.7. The highest BCUT2D eigenvalue weighted by atomic mass is 35.5. The molecule has 0 bridgehead atoms. The average Bonchev–Trinajstić information content (AvgIpc) is 2.65. The first-order chi connectivity index (χ1) is 13.5. The second kappa shape index (κ2) is 12.1. The van der Waals surface area contributed by atoms with E-state index in [4.69, 9.17) is 32.7 Å². The molecule has 1 N–H and O–H groups in total. The quantitative estimate of drug-likeness (QED) is 0.317. The number of halogens is 2. The number of nitrogens with one attached hydrogen (secondary N) is 1. The molecule has 2 rings (SSSR count). The number of esters is 1. The van der Waals surface area contributed by atoms with Crippen molar-refractivity contribution in [2.75, 3.05) is 19.8 Å². The van der Waals surface area contributed by atoms with Gasteiger partial charge >= 0.3 is 5.97 Å². The maximum Gasteiger partial charge on any atom is 0.333 e. The molecule has 0 amide bonds. The van der Waals surface area contributed by atoms with Crippen LogP contribution in [0.4, 0.5) is 0 Å². The first-order valence-corrected chi connectivity index (χ1v) is 10.3. The number of carbonyl (C=O) groups excluding carboxylic acids is 2. The van der Waals surface area contributed by atoms with Crippen LogP contribution < -0.4 is 5.32 Å². The number of ether oxygens (including phenoxy) is 2. The summed E-state index contributed by atoms with van der Waals surface area (Å²) < 4.78 is 10.5. The fourth-order valence-electron chi connectivity index (χ4n) is 2.24. The average molecular weight is 442 g/mol. The number of ketones is 1. The van der Waals surface area contributed by atoms with Crippen LogP contribution >= 0.6 is 35.0 Å². The fraction of sp³-hybridized carbons (Fsp3) is 0.300. The van der Waals surface area contributed by atoms with Gasteiger partial charge in [0.1, 0.15) is 6.61 Å². The third-order valence-electron chi connectivity index (χ3n) is 3.45. The summed E-state index contributed by atoms with van der Waals surface area (Å²) in [6.07, 6.45) is 0. The second-order valence-corrected chi connectivity index (χ2v) is 7.80. The molecule has 0 aromatic heterocycles. The molecule has 8 heteroatoms. The molecule has 0 fully saturated rings. The minimum atomic E-state index is -0.771. The number of hydrogen-bond acceptors (Lipinski definition) is 6. The molecule has 0 heterocycles. The normalized spacial score (nSPS) is 11.8. The van der Waals surface area contributed by atoms with E-state index in [-0.39, 0.29) is 25.5 Å². The molecule has 0 aliphatic heterocycles. The van der Waals surface area contributed by atoms with E-state index in [2.05, 4.69) is 5.32 Å². The third-order valence-corrected chi connectivity index (χ3v) is 4.99. The molecular weight excluding hydrogens is 421 g/mol. The highest BCUT2D eigenvalue weighted by molar-refractivity contribution is 8.00. The van der Waals surface area contributed by atoms with E-state index in [0.717, 1.165) is 5.56 Å². The smallest absolute Gasteiger partial charge is 0.333 e. The van der Waals surface area contributed by atoms with E-state index in [1.165, 1.54) is 11.8 Å². The van der Waals surface area contributed by atoms with Gasteiger partial charge in [0, 0.05) is 14.9 Å². The fourth-order valence-corrected chi connectivity index (χ4v) is 3.89. The van der Waals surface area contributed by atoms with Crippen molar-refractivity contribution in [3.05, 3.63) is 64.1 Å². The van der Waals surface area contributed by atoms with Crippen LogP contribution in [-0.4, -0.2) is 36.9 Å². The van der Waals surface area contributed by atoms with Gasteiger partial charge in [-0.25, -0.2) is 4.79 Å². The Morgan fingerprint density at radius 1 is 1.11 bits per heavy atom. The summed E-state index contributed by atoms with van der Waals surface area (Å²) in [5.74, 6) is -0.642. The van der Waals surface area contributed by atoms with Crippen LogP contribution in [0.1, 0.15) is 12.5 Å². The minimum absolute atomic E-state index is 0.0282. The van der Waals surface area contributed by atoms with Gasteiger partial charge in [-0.05, 0) is 30.7 Å². The zero-order valence-corrected chi connectivity index (χ0v) is 17.7. The number of thioether (sulfide) groups is 1. The van der Waals surface area contributed by atoms with Gasteiger partial charge in [-0.15, -0.1) is 0 Å². The molecule has 5 nitrogen and oxygen atoms in total. The molecular formula is C20H21Cl2NO4S. The maximum absolute atomic E-state index is 12.2. The molecule has 0 saturated carbocycles. The van der Waals surface area contributed by atoms with Crippen LogP contribution in [0.15, 0.2) is 53.4 Å². The van der Waals surface area contributed by atoms with Crippen LogP contribution in [0.25, 0.3) is 0 Å². The lowest BCUT2D eigenvalue weighted by Gasteiger charge is -2.17. The van der Waals surface area contributed by atoms with Crippen molar-refractivity contribution < 1.29 is 19.1 Å². The lowest BCUT2D eigenvalue weighted by Crippen LogP contribution is -2.39. The Bertz CT molecular complexity index is 769. The van der Waals surface area contributed by atoms with E-state index in [1.54, 1.807) is 25.1 Å². The molecule has 28 heavy (non-hydrogen) atoms. The monoisotopic (exact) mass is 441 g/mol. The molecule has 0 saturated heterocycles. The van der Waals surface area contributed by atoms with Crippen LogP contribution in [0.3, 0.4) is 0 Å². The molecule has 2 aromatic rings. The summed E-state index contributed by atoms with van der Waals surface area (Å²) in [6.45, 7) is 2.23. The Morgan fingerprint density at radius 3 is 2.43 bits per heavy atom. The molecule has 1 unspecified atom stereocenters. The van der Waals surface area contributed by atoms with E-state index in [9.17, 15) is 9.59 Å². The highest BCUT2D eigenvalue weighted by Gasteiger charge is 2.22. The minimum Gasteiger partial charge on any atom is -0.464 e. The molecule has 1 atom stereocenters. The summed E-state index contributed by atoms with van der Waals surface area (Å²) >= 11 is 13.2. The van der Waals surface area contributed by atoms with Crippen molar-refractivity contribution in [3.8, 4) is 0 Å². The van der Waals surface area contributed by atoms with E-state index >= 15 is 0 Å². The molecule has 150 valence electrons. The van der Waals surface area contributed by atoms with E-state index < -0.39 is 11.3 Å². The zero-order valence-electron chi connectivity index (χ0n) is 15.3. The summed E-state index contributed by atoms with van der Waals surface area (Å²) in [7, 11) is 0. The van der Waals surface area contributed by atoms with Crippen LogP contribution in [-0.2, 0) is 25.7 Å². The largest absolute Gasteiger partial charge is 0.464 e. The Hall–Kier alpha value is -1.57.